The highest BCUT2D eigenvalue weighted by Crippen LogP contribution is 2.28. The smallest absolute Gasteiger partial charge is 0.293 e. The van der Waals surface area contributed by atoms with Crippen LogP contribution in [0, 0.1) is 10.1 Å². The summed E-state index contributed by atoms with van der Waals surface area (Å²) < 4.78 is 1.76. The molecule has 0 bridgehead atoms. The van der Waals surface area contributed by atoms with Gasteiger partial charge in [0, 0.05) is 29.5 Å². The van der Waals surface area contributed by atoms with E-state index in [1.165, 1.54) is 6.07 Å². The molecule has 0 saturated carbocycles. The van der Waals surface area contributed by atoms with Crippen molar-refractivity contribution in [3.8, 4) is 0 Å². The summed E-state index contributed by atoms with van der Waals surface area (Å²) in [6.45, 7) is 2.55. The van der Waals surface area contributed by atoms with Crippen LogP contribution in [0.25, 0.3) is 0 Å². The number of benzene rings is 1. The Bertz CT molecular complexity index is 571. The lowest BCUT2D eigenvalue weighted by molar-refractivity contribution is -0.384. The number of halogens is 1. The molecule has 0 fully saturated rings. The maximum Gasteiger partial charge on any atom is 0.293 e. The van der Waals surface area contributed by atoms with Crippen LogP contribution in [0.2, 0.25) is 5.02 Å². The number of aromatic nitrogens is 2. The number of nitrogens with one attached hydrogen (secondary N) is 1. The van der Waals surface area contributed by atoms with E-state index < -0.39 is 4.92 Å². The van der Waals surface area contributed by atoms with Gasteiger partial charge in [-0.2, -0.15) is 5.10 Å². The number of anilines is 1. The van der Waals surface area contributed by atoms with Gasteiger partial charge in [-0.15, -0.1) is 0 Å². The predicted molar refractivity (Wildman–Crippen MR) is 73.4 cm³/mol. The fourth-order valence-corrected chi connectivity index (χ4v) is 1.94. The van der Waals surface area contributed by atoms with Gasteiger partial charge in [0.1, 0.15) is 5.69 Å². The van der Waals surface area contributed by atoms with E-state index in [0.717, 1.165) is 0 Å². The van der Waals surface area contributed by atoms with Crippen LogP contribution in [-0.2, 0) is 6.54 Å². The minimum atomic E-state index is -0.450. The number of hydrogen-bond acceptors (Lipinski definition) is 4. The topological polar surface area (TPSA) is 73.0 Å². The minimum Gasteiger partial charge on any atom is -0.375 e. The zero-order valence-corrected chi connectivity index (χ0v) is 11.0. The first kappa shape index (κ1) is 13.4. The fraction of sp³-hybridized carbons (Fsp3) is 0.250. The molecule has 1 atom stereocenters. The average molecular weight is 281 g/mol. The fourth-order valence-electron chi connectivity index (χ4n) is 1.78. The summed E-state index contributed by atoms with van der Waals surface area (Å²) in [6.07, 6.45) is 3.53. The lowest BCUT2D eigenvalue weighted by Gasteiger charge is -2.15. The third-order valence-electron chi connectivity index (χ3n) is 2.58. The maximum absolute atomic E-state index is 11.0. The first-order valence-corrected chi connectivity index (χ1v) is 6.12. The number of nitro benzene ring substituents is 1. The van der Waals surface area contributed by atoms with Crippen molar-refractivity contribution in [2.45, 2.75) is 19.5 Å². The van der Waals surface area contributed by atoms with Gasteiger partial charge in [0.25, 0.3) is 5.69 Å². The highest BCUT2D eigenvalue weighted by molar-refractivity contribution is 6.30. The molecule has 7 heteroatoms. The lowest BCUT2D eigenvalue weighted by atomic mass is 10.2. The summed E-state index contributed by atoms with van der Waals surface area (Å²) in [5.41, 5.74) is 0.425. The molecule has 1 aromatic carbocycles. The Morgan fingerprint density at radius 2 is 2.37 bits per heavy atom. The van der Waals surface area contributed by atoms with E-state index in [1.807, 2.05) is 19.2 Å². The van der Waals surface area contributed by atoms with Gasteiger partial charge in [-0.3, -0.25) is 14.8 Å². The molecule has 0 aliphatic carbocycles. The molecule has 0 aliphatic heterocycles. The monoisotopic (exact) mass is 280 g/mol. The quantitative estimate of drug-likeness (QED) is 0.675. The highest BCUT2D eigenvalue weighted by atomic mass is 35.5. The predicted octanol–water partition coefficient (Wildman–Crippen LogP) is 2.95. The molecule has 1 aromatic heterocycles. The van der Waals surface area contributed by atoms with Crippen molar-refractivity contribution in [2.24, 2.45) is 0 Å². The Balaban J connectivity index is 2.12. The summed E-state index contributed by atoms with van der Waals surface area (Å²) in [7, 11) is 0. The standard InChI is InChI=1S/C12H13ClN4O2/c1-9(8-16-6-2-5-14-16)15-11-4-3-10(13)7-12(11)17(18)19/h2-7,9,15H,8H2,1H3. The van der Waals surface area contributed by atoms with E-state index >= 15 is 0 Å². The van der Waals surface area contributed by atoms with E-state index in [9.17, 15) is 10.1 Å². The molecular weight excluding hydrogens is 268 g/mol. The molecule has 2 rings (SSSR count). The van der Waals surface area contributed by atoms with Gasteiger partial charge in [0.15, 0.2) is 0 Å². The van der Waals surface area contributed by atoms with Crippen LogP contribution in [-0.4, -0.2) is 20.7 Å². The average Bonchev–Trinajstić information content (AvgIpc) is 2.83. The molecule has 1 unspecified atom stereocenters. The Hall–Kier alpha value is -2.08. The largest absolute Gasteiger partial charge is 0.375 e. The summed E-state index contributed by atoms with van der Waals surface area (Å²) in [6, 6.07) is 6.40. The summed E-state index contributed by atoms with van der Waals surface area (Å²) in [5.74, 6) is 0. The second kappa shape index (κ2) is 5.71. The molecular formula is C12H13ClN4O2. The zero-order chi connectivity index (χ0) is 13.8. The van der Waals surface area contributed by atoms with Gasteiger partial charge in [-0.1, -0.05) is 11.6 Å². The molecule has 0 spiro atoms. The Labute approximate surface area is 115 Å². The lowest BCUT2D eigenvalue weighted by Crippen LogP contribution is -2.22. The molecule has 1 heterocycles. The Morgan fingerprint density at radius 3 is 3.00 bits per heavy atom. The van der Waals surface area contributed by atoms with Gasteiger partial charge < -0.3 is 5.32 Å². The molecule has 0 aliphatic rings. The molecule has 0 radical (unpaired) electrons. The van der Waals surface area contributed by atoms with Crippen molar-refractivity contribution in [2.75, 3.05) is 5.32 Å². The number of rotatable bonds is 5. The van der Waals surface area contributed by atoms with Crippen molar-refractivity contribution in [1.29, 1.82) is 0 Å². The Morgan fingerprint density at radius 1 is 1.58 bits per heavy atom. The second-order valence-corrected chi connectivity index (χ2v) is 4.63. The van der Waals surface area contributed by atoms with E-state index in [0.29, 0.717) is 17.3 Å². The SMILES string of the molecule is CC(Cn1cccn1)Nc1ccc(Cl)cc1[N+](=O)[O-]. The van der Waals surface area contributed by atoms with E-state index in [1.54, 1.807) is 23.0 Å². The first-order valence-electron chi connectivity index (χ1n) is 5.74. The summed E-state index contributed by atoms with van der Waals surface area (Å²) >= 11 is 5.77. The van der Waals surface area contributed by atoms with Crippen molar-refractivity contribution in [3.63, 3.8) is 0 Å². The van der Waals surface area contributed by atoms with Crippen molar-refractivity contribution in [1.82, 2.24) is 9.78 Å². The number of nitrogens with zero attached hydrogens (tertiary/aromatic N) is 3. The van der Waals surface area contributed by atoms with Crippen LogP contribution in [0.1, 0.15) is 6.92 Å². The van der Waals surface area contributed by atoms with Gasteiger partial charge in [0.2, 0.25) is 0 Å². The zero-order valence-electron chi connectivity index (χ0n) is 10.3. The highest BCUT2D eigenvalue weighted by Gasteiger charge is 2.16. The molecule has 1 N–H and O–H groups in total. The van der Waals surface area contributed by atoms with Gasteiger partial charge in [-0.05, 0) is 25.1 Å². The molecule has 100 valence electrons. The summed E-state index contributed by atoms with van der Waals surface area (Å²) in [5, 5.41) is 18.5. The van der Waals surface area contributed by atoms with Crippen LogP contribution in [0.15, 0.2) is 36.7 Å². The van der Waals surface area contributed by atoms with Crippen LogP contribution in [0.5, 0.6) is 0 Å². The van der Waals surface area contributed by atoms with E-state index in [4.69, 9.17) is 11.6 Å². The third-order valence-corrected chi connectivity index (χ3v) is 2.81. The number of nitro groups is 1. The maximum atomic E-state index is 11.0. The van der Waals surface area contributed by atoms with E-state index in [2.05, 4.69) is 10.4 Å². The first-order chi connectivity index (χ1) is 9.06. The van der Waals surface area contributed by atoms with Crippen molar-refractivity contribution >= 4 is 23.0 Å². The third kappa shape index (κ3) is 3.45. The van der Waals surface area contributed by atoms with Crippen LogP contribution >= 0.6 is 11.6 Å². The molecule has 6 nitrogen and oxygen atoms in total. The molecule has 19 heavy (non-hydrogen) atoms. The van der Waals surface area contributed by atoms with E-state index in [-0.39, 0.29) is 11.7 Å². The molecule has 0 saturated heterocycles. The van der Waals surface area contributed by atoms with Gasteiger partial charge in [0.05, 0.1) is 11.5 Å². The Kier molecular flexibility index (Phi) is 4.01. The minimum absolute atomic E-state index is 0.000208. The van der Waals surface area contributed by atoms with Crippen LogP contribution in [0.3, 0.4) is 0 Å². The molecule has 2 aromatic rings. The van der Waals surface area contributed by atoms with Gasteiger partial charge >= 0.3 is 0 Å². The van der Waals surface area contributed by atoms with Crippen LogP contribution < -0.4 is 5.32 Å². The number of hydrogen-bond donors (Lipinski definition) is 1. The normalized spacial score (nSPS) is 12.1. The molecule has 0 amide bonds. The van der Waals surface area contributed by atoms with Gasteiger partial charge in [-0.25, -0.2) is 0 Å². The second-order valence-electron chi connectivity index (χ2n) is 4.19. The van der Waals surface area contributed by atoms with Crippen molar-refractivity contribution in [3.05, 3.63) is 51.8 Å². The van der Waals surface area contributed by atoms with Crippen molar-refractivity contribution < 1.29 is 4.92 Å². The summed E-state index contributed by atoms with van der Waals surface area (Å²) in [4.78, 5) is 10.5. The van der Waals surface area contributed by atoms with Crippen LogP contribution in [0.4, 0.5) is 11.4 Å².